The molecule has 1 unspecified atom stereocenters. The van der Waals surface area contributed by atoms with E-state index in [0.29, 0.717) is 24.4 Å². The highest BCUT2D eigenvalue weighted by Gasteiger charge is 2.23. The Bertz CT molecular complexity index is 523. The van der Waals surface area contributed by atoms with Gasteiger partial charge in [0.05, 0.1) is 0 Å². The highest BCUT2D eigenvalue weighted by Crippen LogP contribution is 2.26. The number of azo groups is 1. The average Bonchev–Trinajstić information content (AvgIpc) is 2.37. The van der Waals surface area contributed by atoms with Crippen molar-refractivity contribution < 1.29 is 9.59 Å². The molecule has 19 heavy (non-hydrogen) atoms. The van der Waals surface area contributed by atoms with Crippen LogP contribution in [0.3, 0.4) is 0 Å². The molecule has 0 radical (unpaired) electrons. The number of nitrogens with zero attached hydrogens (tertiary/aromatic N) is 2. The summed E-state index contributed by atoms with van der Waals surface area (Å²) in [6, 6.07) is 6.97. The molecule has 5 nitrogen and oxygen atoms in total. The van der Waals surface area contributed by atoms with Crippen molar-refractivity contribution in [1.82, 2.24) is 5.32 Å². The van der Waals surface area contributed by atoms with Crippen molar-refractivity contribution in [1.29, 1.82) is 0 Å². The molecule has 100 valence electrons. The fourth-order valence-electron chi connectivity index (χ4n) is 2.02. The first-order valence-corrected chi connectivity index (χ1v) is 6.38. The molecule has 0 aromatic heterocycles. The summed E-state index contributed by atoms with van der Waals surface area (Å²) in [7, 11) is 0. The van der Waals surface area contributed by atoms with E-state index >= 15 is 0 Å². The third-order valence-electron chi connectivity index (χ3n) is 2.92. The minimum Gasteiger partial charge on any atom is -0.354 e. The maximum atomic E-state index is 11.6. The van der Waals surface area contributed by atoms with E-state index in [2.05, 4.69) is 15.5 Å². The molecule has 0 bridgehead atoms. The molecular weight excluding hydrogens is 242 g/mol. The zero-order valence-corrected chi connectivity index (χ0v) is 11.1. The van der Waals surface area contributed by atoms with Gasteiger partial charge in [0.25, 0.3) is 5.91 Å². The van der Waals surface area contributed by atoms with Gasteiger partial charge in [-0.2, -0.15) is 5.11 Å². The van der Waals surface area contributed by atoms with Crippen molar-refractivity contribution in [2.24, 2.45) is 16.1 Å². The summed E-state index contributed by atoms with van der Waals surface area (Å²) in [4.78, 5) is 23.2. The lowest BCUT2D eigenvalue weighted by atomic mass is 9.99. The van der Waals surface area contributed by atoms with Gasteiger partial charge in [-0.15, -0.1) is 5.11 Å². The summed E-state index contributed by atoms with van der Waals surface area (Å²) >= 11 is 0. The van der Waals surface area contributed by atoms with Crippen molar-refractivity contribution in [2.45, 2.75) is 26.3 Å². The predicted octanol–water partition coefficient (Wildman–Crippen LogP) is 2.50. The van der Waals surface area contributed by atoms with Gasteiger partial charge in [0.2, 0.25) is 5.91 Å². The number of hydrogen-bond donors (Lipinski definition) is 1. The van der Waals surface area contributed by atoms with Gasteiger partial charge in [-0.3, -0.25) is 9.59 Å². The molecule has 1 N–H and O–H groups in total. The first kappa shape index (κ1) is 13.4. The van der Waals surface area contributed by atoms with E-state index in [-0.39, 0.29) is 17.9 Å². The number of nitrogens with one attached hydrogen (secondary N) is 1. The van der Waals surface area contributed by atoms with E-state index in [0.717, 1.165) is 5.56 Å². The number of benzene rings is 1. The Morgan fingerprint density at radius 1 is 1.37 bits per heavy atom. The minimum absolute atomic E-state index is 0.000388. The molecule has 1 heterocycles. The monoisotopic (exact) mass is 259 g/mol. The summed E-state index contributed by atoms with van der Waals surface area (Å²) in [6.07, 6.45) is 0.491. The quantitative estimate of drug-likeness (QED) is 0.902. The van der Waals surface area contributed by atoms with Crippen LogP contribution in [0.2, 0.25) is 0 Å². The van der Waals surface area contributed by atoms with Gasteiger partial charge < -0.3 is 5.32 Å². The maximum absolute atomic E-state index is 11.6. The Balaban J connectivity index is 2.04. The van der Waals surface area contributed by atoms with Gasteiger partial charge in [-0.1, -0.05) is 32.0 Å². The van der Waals surface area contributed by atoms with Crippen LogP contribution in [-0.4, -0.2) is 18.4 Å². The Kier molecular flexibility index (Phi) is 4.04. The molecule has 1 aromatic carbocycles. The molecule has 0 saturated carbocycles. The Hall–Kier alpha value is -2.04. The van der Waals surface area contributed by atoms with Crippen molar-refractivity contribution in [3.05, 3.63) is 35.4 Å². The second-order valence-corrected chi connectivity index (χ2v) is 5.03. The van der Waals surface area contributed by atoms with Crippen molar-refractivity contribution in [2.75, 3.05) is 6.54 Å². The molecule has 1 aliphatic heterocycles. The minimum atomic E-state index is -0.319. The Morgan fingerprint density at radius 2 is 2.11 bits per heavy atom. The van der Waals surface area contributed by atoms with Crippen molar-refractivity contribution in [3.63, 3.8) is 0 Å². The summed E-state index contributed by atoms with van der Waals surface area (Å²) in [5.41, 5.74) is 1.40. The lowest BCUT2D eigenvalue weighted by Crippen LogP contribution is -2.29. The van der Waals surface area contributed by atoms with E-state index in [1.165, 1.54) is 0 Å². The van der Waals surface area contributed by atoms with Crippen LogP contribution in [0.4, 0.5) is 0 Å². The predicted molar refractivity (Wildman–Crippen MR) is 70.8 cm³/mol. The van der Waals surface area contributed by atoms with Crippen LogP contribution >= 0.6 is 0 Å². The third kappa shape index (κ3) is 3.24. The number of fused-ring (bicyclic) bond motifs is 1. The van der Waals surface area contributed by atoms with Crippen LogP contribution in [0.1, 0.15) is 42.2 Å². The number of carbonyl (C=O) groups is 2. The molecule has 2 amide bonds. The molecule has 1 aromatic rings. The second kappa shape index (κ2) is 5.73. The van der Waals surface area contributed by atoms with Crippen molar-refractivity contribution >= 4 is 11.8 Å². The highest BCUT2D eigenvalue weighted by molar-refractivity contribution is 5.97. The van der Waals surface area contributed by atoms with Crippen LogP contribution < -0.4 is 5.32 Å². The Labute approximate surface area is 112 Å². The average molecular weight is 259 g/mol. The lowest BCUT2D eigenvalue weighted by Gasteiger charge is -2.18. The number of carbonyl (C=O) groups excluding carboxylic acids is 2. The molecule has 0 saturated heterocycles. The maximum Gasteiger partial charge on any atom is 0.295 e. The molecule has 2 rings (SSSR count). The zero-order valence-electron chi connectivity index (χ0n) is 11.1. The van der Waals surface area contributed by atoms with E-state index in [1.807, 2.05) is 26.0 Å². The molecule has 0 aliphatic carbocycles. The molecule has 0 spiro atoms. The molecule has 0 fully saturated rings. The smallest absolute Gasteiger partial charge is 0.295 e. The van der Waals surface area contributed by atoms with Crippen LogP contribution in [0.5, 0.6) is 0 Å². The van der Waals surface area contributed by atoms with Gasteiger partial charge in [0.1, 0.15) is 6.04 Å². The first-order valence-electron chi connectivity index (χ1n) is 6.38. The number of amides is 2. The largest absolute Gasteiger partial charge is 0.354 e. The summed E-state index contributed by atoms with van der Waals surface area (Å²) in [5.74, 6) is 0.00165. The summed E-state index contributed by atoms with van der Waals surface area (Å²) < 4.78 is 0. The van der Waals surface area contributed by atoms with Gasteiger partial charge in [-0.25, -0.2) is 0 Å². The molecule has 1 atom stereocenters. The van der Waals surface area contributed by atoms with E-state index in [4.69, 9.17) is 0 Å². The number of rotatable bonds is 4. The SMILES string of the molecule is CC(C)CC(=O)NCC1N=NC(=O)c2ccccc21. The van der Waals surface area contributed by atoms with Gasteiger partial charge in [0.15, 0.2) is 0 Å². The topological polar surface area (TPSA) is 70.9 Å². The molecule has 1 aliphatic rings. The van der Waals surface area contributed by atoms with Crippen LogP contribution in [-0.2, 0) is 4.79 Å². The second-order valence-electron chi connectivity index (χ2n) is 5.03. The Morgan fingerprint density at radius 3 is 2.84 bits per heavy atom. The first-order chi connectivity index (χ1) is 9.08. The summed E-state index contributed by atoms with van der Waals surface area (Å²) in [5, 5.41) is 10.4. The normalized spacial score (nSPS) is 17.4. The molecule has 5 heteroatoms. The van der Waals surface area contributed by atoms with E-state index in [9.17, 15) is 9.59 Å². The van der Waals surface area contributed by atoms with Gasteiger partial charge in [0, 0.05) is 18.5 Å². The lowest BCUT2D eigenvalue weighted by molar-refractivity contribution is -0.121. The zero-order chi connectivity index (χ0) is 13.8. The fraction of sp³-hybridized carbons (Fsp3) is 0.429. The van der Waals surface area contributed by atoms with E-state index < -0.39 is 0 Å². The molecular formula is C14H17N3O2. The van der Waals surface area contributed by atoms with Gasteiger partial charge >= 0.3 is 0 Å². The standard InChI is InChI=1S/C14H17N3O2/c1-9(2)7-13(18)15-8-12-10-5-3-4-6-11(10)14(19)17-16-12/h3-6,9,12H,7-8H2,1-2H3,(H,15,18). The van der Waals surface area contributed by atoms with Crippen molar-refractivity contribution in [3.8, 4) is 0 Å². The highest BCUT2D eigenvalue weighted by atomic mass is 16.2. The third-order valence-corrected chi connectivity index (χ3v) is 2.92. The van der Waals surface area contributed by atoms with E-state index in [1.54, 1.807) is 12.1 Å². The van der Waals surface area contributed by atoms with Crippen LogP contribution in [0.25, 0.3) is 0 Å². The van der Waals surface area contributed by atoms with Crippen LogP contribution in [0, 0.1) is 5.92 Å². The van der Waals surface area contributed by atoms with Gasteiger partial charge in [-0.05, 0) is 17.5 Å². The summed E-state index contributed by atoms with van der Waals surface area (Å²) in [6.45, 7) is 4.36. The fourth-order valence-corrected chi connectivity index (χ4v) is 2.02. The van der Waals surface area contributed by atoms with Crippen LogP contribution in [0.15, 0.2) is 34.5 Å². The number of hydrogen-bond acceptors (Lipinski definition) is 3.